The van der Waals surface area contributed by atoms with E-state index in [0.717, 1.165) is 17.1 Å². The predicted octanol–water partition coefficient (Wildman–Crippen LogP) is 14.6. The minimum absolute atomic E-state index is 0.0309. The summed E-state index contributed by atoms with van der Waals surface area (Å²) in [7, 11) is 0. The number of allylic oxidation sites excluding steroid dienone is 4. The summed E-state index contributed by atoms with van der Waals surface area (Å²) in [6.07, 6.45) is 9.34. The zero-order valence-electron chi connectivity index (χ0n) is 30.7. The van der Waals surface area contributed by atoms with Crippen molar-refractivity contribution in [2.45, 2.75) is 25.2 Å². The van der Waals surface area contributed by atoms with Crippen molar-refractivity contribution in [1.82, 2.24) is 0 Å². The van der Waals surface area contributed by atoms with Crippen LogP contribution in [0.2, 0.25) is 0 Å². The van der Waals surface area contributed by atoms with E-state index in [1.807, 2.05) is 0 Å². The molecule has 1 heteroatoms. The van der Waals surface area contributed by atoms with Crippen molar-refractivity contribution in [3.63, 3.8) is 0 Å². The van der Waals surface area contributed by atoms with Crippen molar-refractivity contribution < 1.29 is 0 Å². The first kappa shape index (κ1) is 32.2. The average Bonchev–Trinajstić information content (AvgIpc) is 3.48. The Hall–Kier alpha value is -6.44. The van der Waals surface area contributed by atoms with Crippen LogP contribution < -0.4 is 4.90 Å². The van der Waals surface area contributed by atoms with Crippen LogP contribution in [0.15, 0.2) is 200 Å². The van der Waals surface area contributed by atoms with Crippen molar-refractivity contribution >= 4 is 38.6 Å². The lowest BCUT2D eigenvalue weighted by Crippen LogP contribution is -2.24. The van der Waals surface area contributed by atoms with Crippen LogP contribution in [0.5, 0.6) is 0 Å². The van der Waals surface area contributed by atoms with E-state index >= 15 is 0 Å². The fourth-order valence-electron chi connectivity index (χ4n) is 9.26. The van der Waals surface area contributed by atoms with E-state index in [1.54, 1.807) is 0 Å². The van der Waals surface area contributed by atoms with E-state index in [4.69, 9.17) is 0 Å². The van der Waals surface area contributed by atoms with E-state index in [0.29, 0.717) is 11.8 Å². The average molecular weight is 692 g/mol. The molecule has 0 fully saturated rings. The summed E-state index contributed by atoms with van der Waals surface area (Å²) in [5.41, 5.74) is 13.9. The highest BCUT2D eigenvalue weighted by Gasteiger charge is 2.46. The number of hydrogen-bond donors (Lipinski definition) is 0. The summed E-state index contributed by atoms with van der Waals surface area (Å²) >= 11 is 0. The molecule has 54 heavy (non-hydrogen) atoms. The molecule has 0 amide bonds. The van der Waals surface area contributed by atoms with Crippen molar-refractivity contribution in [3.8, 4) is 33.4 Å². The van der Waals surface area contributed by atoms with E-state index in [9.17, 15) is 0 Å². The molecule has 258 valence electrons. The van der Waals surface area contributed by atoms with Gasteiger partial charge in [-0.3, -0.25) is 0 Å². The Morgan fingerprint density at radius 3 is 1.81 bits per heavy atom. The standard InChI is InChI=1S/C53H41N/c1-53(2)50-23-12-11-22-48(50)51-49(35-42-18-9-10-21-47(42)52(51)53)43-25-24-41-34-46(31-28-40(41)32-43)54(44-29-26-38(27-30-44)36-14-5-3-6-15-36)45-20-13-19-39(33-45)37-16-7-4-8-17-37/h3-35,48,50H,1-2H3. The van der Waals surface area contributed by atoms with Gasteiger partial charge in [0.25, 0.3) is 0 Å². The predicted molar refractivity (Wildman–Crippen MR) is 230 cm³/mol. The van der Waals surface area contributed by atoms with Gasteiger partial charge in [-0.15, -0.1) is 0 Å². The molecule has 0 bridgehead atoms. The SMILES string of the molecule is CC1(C)c2c(c(-c3ccc4cc(N(c5ccc(-c6ccccc6)cc5)c5cccc(-c6ccccc6)c5)ccc4c3)cc3ccccc23)C2C=CC=CC21. The molecule has 10 rings (SSSR count). The van der Waals surface area contributed by atoms with Gasteiger partial charge in [0.1, 0.15) is 0 Å². The van der Waals surface area contributed by atoms with E-state index in [-0.39, 0.29) is 5.41 Å². The summed E-state index contributed by atoms with van der Waals surface area (Å²) in [4.78, 5) is 2.38. The molecule has 0 N–H and O–H groups in total. The van der Waals surface area contributed by atoms with Gasteiger partial charge in [-0.2, -0.15) is 0 Å². The van der Waals surface area contributed by atoms with E-state index < -0.39 is 0 Å². The highest BCUT2D eigenvalue weighted by atomic mass is 15.1. The quantitative estimate of drug-likeness (QED) is 0.168. The van der Waals surface area contributed by atoms with Crippen molar-refractivity contribution in [2.24, 2.45) is 5.92 Å². The third kappa shape index (κ3) is 5.39. The molecule has 0 heterocycles. The molecule has 2 aliphatic carbocycles. The van der Waals surface area contributed by atoms with Gasteiger partial charge in [0, 0.05) is 23.0 Å². The minimum Gasteiger partial charge on any atom is -0.310 e. The lowest BCUT2D eigenvalue weighted by molar-refractivity contribution is 0.396. The molecular weight excluding hydrogens is 651 g/mol. The normalized spacial score (nSPS) is 16.7. The number of fused-ring (bicyclic) bond motifs is 6. The molecule has 0 aliphatic heterocycles. The Morgan fingerprint density at radius 2 is 1.02 bits per heavy atom. The van der Waals surface area contributed by atoms with Gasteiger partial charge in [0.2, 0.25) is 0 Å². The number of rotatable bonds is 6. The Kier molecular flexibility index (Phi) is 7.70. The first-order valence-corrected chi connectivity index (χ1v) is 19.1. The molecule has 0 aromatic heterocycles. The summed E-state index contributed by atoms with van der Waals surface area (Å²) < 4.78 is 0. The molecular formula is C53H41N. The topological polar surface area (TPSA) is 3.24 Å². The fraction of sp³-hybridized carbons (Fsp3) is 0.0943. The van der Waals surface area contributed by atoms with Gasteiger partial charge in [0.05, 0.1) is 0 Å². The second-order valence-electron chi connectivity index (χ2n) is 15.4. The summed E-state index contributed by atoms with van der Waals surface area (Å²) in [5.74, 6) is 0.810. The monoisotopic (exact) mass is 691 g/mol. The minimum atomic E-state index is 0.0309. The highest BCUT2D eigenvalue weighted by molar-refractivity contribution is 5.98. The first-order chi connectivity index (χ1) is 26.5. The second-order valence-corrected chi connectivity index (χ2v) is 15.4. The maximum absolute atomic E-state index is 2.44. The molecule has 2 aliphatic rings. The van der Waals surface area contributed by atoms with Crippen LogP contribution in [0, 0.1) is 5.92 Å². The summed E-state index contributed by atoms with van der Waals surface area (Å²) in [5, 5.41) is 5.16. The Bertz CT molecular complexity index is 2730. The van der Waals surface area contributed by atoms with Crippen LogP contribution in [0.4, 0.5) is 17.1 Å². The van der Waals surface area contributed by atoms with Gasteiger partial charge < -0.3 is 4.90 Å². The third-order valence-electron chi connectivity index (χ3n) is 11.9. The van der Waals surface area contributed by atoms with E-state index in [2.05, 4.69) is 219 Å². The van der Waals surface area contributed by atoms with Gasteiger partial charge >= 0.3 is 0 Å². The first-order valence-electron chi connectivity index (χ1n) is 19.1. The molecule has 8 aromatic carbocycles. The number of anilines is 3. The molecule has 2 unspecified atom stereocenters. The van der Waals surface area contributed by atoms with Crippen molar-refractivity contribution in [1.29, 1.82) is 0 Å². The van der Waals surface area contributed by atoms with Crippen LogP contribution in [0.25, 0.3) is 54.9 Å². The second kappa shape index (κ2) is 12.9. The number of nitrogens with zero attached hydrogens (tertiary/aromatic N) is 1. The van der Waals surface area contributed by atoms with Gasteiger partial charge in [-0.05, 0) is 126 Å². The zero-order valence-corrected chi connectivity index (χ0v) is 30.7. The lowest BCUT2D eigenvalue weighted by atomic mass is 9.74. The lowest BCUT2D eigenvalue weighted by Gasteiger charge is -2.29. The van der Waals surface area contributed by atoms with Crippen LogP contribution in [-0.4, -0.2) is 0 Å². The molecule has 0 radical (unpaired) electrons. The van der Waals surface area contributed by atoms with E-state index in [1.165, 1.54) is 66.1 Å². The molecule has 0 saturated carbocycles. The van der Waals surface area contributed by atoms with Gasteiger partial charge in [-0.25, -0.2) is 0 Å². The molecule has 0 saturated heterocycles. The molecule has 2 atom stereocenters. The molecule has 0 spiro atoms. The smallest absolute Gasteiger partial charge is 0.0468 e. The maximum Gasteiger partial charge on any atom is 0.0468 e. The number of hydrogen-bond acceptors (Lipinski definition) is 1. The summed E-state index contributed by atoms with van der Waals surface area (Å²) in [6.45, 7) is 4.88. The molecule has 8 aromatic rings. The van der Waals surface area contributed by atoms with Crippen molar-refractivity contribution in [3.05, 3.63) is 211 Å². The maximum atomic E-state index is 2.44. The zero-order chi connectivity index (χ0) is 36.2. The van der Waals surface area contributed by atoms with Crippen LogP contribution in [0.1, 0.15) is 30.9 Å². The van der Waals surface area contributed by atoms with Crippen LogP contribution in [0.3, 0.4) is 0 Å². The fourth-order valence-corrected chi connectivity index (χ4v) is 9.26. The molecule has 1 nitrogen and oxygen atoms in total. The van der Waals surface area contributed by atoms with Crippen molar-refractivity contribution in [2.75, 3.05) is 4.90 Å². The van der Waals surface area contributed by atoms with Crippen LogP contribution in [-0.2, 0) is 5.41 Å². The Labute approximate surface area is 318 Å². The number of benzene rings is 8. The van der Waals surface area contributed by atoms with Crippen LogP contribution >= 0.6 is 0 Å². The highest BCUT2D eigenvalue weighted by Crippen LogP contribution is 2.57. The van der Waals surface area contributed by atoms with Gasteiger partial charge in [-0.1, -0.05) is 166 Å². The third-order valence-corrected chi connectivity index (χ3v) is 11.9. The van der Waals surface area contributed by atoms with Gasteiger partial charge in [0.15, 0.2) is 0 Å². The summed E-state index contributed by atoms with van der Waals surface area (Å²) in [6, 6.07) is 64.5. The Morgan fingerprint density at radius 1 is 0.426 bits per heavy atom. The largest absolute Gasteiger partial charge is 0.310 e. The Balaban J connectivity index is 1.09.